The summed E-state index contributed by atoms with van der Waals surface area (Å²) in [4.78, 5) is 10.9. The van der Waals surface area contributed by atoms with Crippen LogP contribution in [0.3, 0.4) is 0 Å². The van der Waals surface area contributed by atoms with Gasteiger partial charge in [-0.05, 0) is 19.8 Å². The van der Waals surface area contributed by atoms with Crippen LogP contribution < -0.4 is 0 Å². The Morgan fingerprint density at radius 1 is 1.29 bits per heavy atom. The van der Waals surface area contributed by atoms with Crippen LogP contribution in [0.25, 0.3) is 0 Å². The molecule has 0 rings (SSSR count). The Hall–Kier alpha value is 0.0500. The maximum atomic E-state index is 10.9. The van der Waals surface area contributed by atoms with Gasteiger partial charge in [0, 0.05) is 11.8 Å². The summed E-state index contributed by atoms with van der Waals surface area (Å²) in [6, 6.07) is -0.0391. The van der Waals surface area contributed by atoms with Gasteiger partial charge < -0.3 is 4.74 Å². The highest BCUT2D eigenvalue weighted by atomic mass is 35.5. The number of alkyl halides is 2. The standard InChI is InChI=1S/C10H18Cl2O2/c1-9(12)6-4-2-3-5-7-10(13)14-8-11/h9H,2-8H2,1H3. The number of hydrogen-bond donors (Lipinski definition) is 0. The normalized spacial score (nSPS) is 12.5. The Labute approximate surface area is 95.9 Å². The lowest BCUT2D eigenvalue weighted by Gasteiger charge is -2.02. The largest absolute Gasteiger partial charge is 0.449 e. The predicted molar refractivity (Wildman–Crippen MR) is 59.8 cm³/mol. The van der Waals surface area contributed by atoms with Crippen LogP contribution in [-0.2, 0) is 9.53 Å². The summed E-state index contributed by atoms with van der Waals surface area (Å²) in [7, 11) is 0. The number of esters is 1. The minimum Gasteiger partial charge on any atom is -0.449 e. The average Bonchev–Trinajstić information content (AvgIpc) is 2.11. The zero-order valence-corrected chi connectivity index (χ0v) is 10.1. The first kappa shape index (κ1) is 14.1. The van der Waals surface area contributed by atoms with Crippen molar-refractivity contribution in [2.24, 2.45) is 0 Å². The van der Waals surface area contributed by atoms with Crippen molar-refractivity contribution >= 4 is 29.2 Å². The topological polar surface area (TPSA) is 26.3 Å². The van der Waals surface area contributed by atoms with E-state index in [1.165, 1.54) is 0 Å². The first-order valence-corrected chi connectivity index (χ1v) is 5.99. The molecule has 0 bridgehead atoms. The Morgan fingerprint density at radius 2 is 1.93 bits per heavy atom. The molecule has 0 radical (unpaired) electrons. The third-order valence-electron chi connectivity index (χ3n) is 1.95. The molecule has 0 aliphatic rings. The number of ether oxygens (including phenoxy) is 1. The van der Waals surface area contributed by atoms with Crippen LogP contribution in [0.1, 0.15) is 45.4 Å². The van der Waals surface area contributed by atoms with Crippen molar-refractivity contribution in [3.05, 3.63) is 0 Å². The van der Waals surface area contributed by atoms with E-state index >= 15 is 0 Å². The van der Waals surface area contributed by atoms with Crippen LogP contribution in [-0.4, -0.2) is 17.4 Å². The van der Waals surface area contributed by atoms with Gasteiger partial charge in [-0.1, -0.05) is 30.9 Å². The van der Waals surface area contributed by atoms with Crippen LogP contribution in [0.4, 0.5) is 0 Å². The van der Waals surface area contributed by atoms with Crippen molar-refractivity contribution < 1.29 is 9.53 Å². The van der Waals surface area contributed by atoms with E-state index in [1.54, 1.807) is 0 Å². The van der Waals surface area contributed by atoms with Gasteiger partial charge in [-0.2, -0.15) is 0 Å². The van der Waals surface area contributed by atoms with Crippen LogP contribution in [0.2, 0.25) is 0 Å². The zero-order chi connectivity index (χ0) is 10.8. The number of hydrogen-bond acceptors (Lipinski definition) is 2. The molecule has 1 atom stereocenters. The van der Waals surface area contributed by atoms with E-state index in [0.717, 1.165) is 32.1 Å². The van der Waals surface area contributed by atoms with Gasteiger partial charge in [-0.15, -0.1) is 11.6 Å². The van der Waals surface area contributed by atoms with Crippen molar-refractivity contribution in [3.63, 3.8) is 0 Å². The van der Waals surface area contributed by atoms with Gasteiger partial charge in [0.05, 0.1) is 0 Å². The molecule has 0 aliphatic carbocycles. The summed E-state index contributed by atoms with van der Waals surface area (Å²) in [6.45, 7) is 2.00. The Kier molecular flexibility index (Phi) is 9.63. The van der Waals surface area contributed by atoms with Gasteiger partial charge in [0.15, 0.2) is 6.07 Å². The van der Waals surface area contributed by atoms with E-state index in [2.05, 4.69) is 4.74 Å². The number of carbonyl (C=O) groups excluding carboxylic acids is 1. The molecular formula is C10H18Cl2O2. The van der Waals surface area contributed by atoms with Crippen LogP contribution in [0.5, 0.6) is 0 Å². The summed E-state index contributed by atoms with van der Waals surface area (Å²) in [5, 5.41) is 0.260. The van der Waals surface area contributed by atoms with Gasteiger partial charge in [0.1, 0.15) is 0 Å². The molecule has 0 saturated carbocycles. The SMILES string of the molecule is CC(Cl)CCCCCCC(=O)OCCl. The molecule has 0 spiro atoms. The molecule has 0 aliphatic heterocycles. The van der Waals surface area contributed by atoms with E-state index in [1.807, 2.05) is 6.92 Å². The minimum absolute atomic E-state index is 0.0391. The van der Waals surface area contributed by atoms with Crippen molar-refractivity contribution in [1.82, 2.24) is 0 Å². The summed E-state index contributed by atoms with van der Waals surface area (Å²) in [5.41, 5.74) is 0. The van der Waals surface area contributed by atoms with Gasteiger partial charge in [-0.25, -0.2) is 0 Å². The second-order valence-electron chi connectivity index (χ2n) is 3.36. The first-order chi connectivity index (χ1) is 6.66. The molecule has 0 heterocycles. The molecule has 84 valence electrons. The van der Waals surface area contributed by atoms with Gasteiger partial charge in [-0.3, -0.25) is 4.79 Å². The summed E-state index contributed by atoms with van der Waals surface area (Å²) in [5.74, 6) is -0.203. The molecule has 1 unspecified atom stereocenters. The lowest BCUT2D eigenvalue weighted by molar-refractivity contribution is -0.141. The number of halogens is 2. The average molecular weight is 241 g/mol. The van der Waals surface area contributed by atoms with E-state index in [0.29, 0.717) is 6.42 Å². The first-order valence-electron chi connectivity index (χ1n) is 5.02. The van der Waals surface area contributed by atoms with E-state index < -0.39 is 0 Å². The van der Waals surface area contributed by atoms with E-state index in [4.69, 9.17) is 23.2 Å². The highest BCUT2D eigenvalue weighted by Crippen LogP contribution is 2.10. The second kappa shape index (κ2) is 9.60. The third-order valence-corrected chi connectivity index (χ3v) is 2.28. The molecule has 0 aromatic carbocycles. The third kappa shape index (κ3) is 10.1. The predicted octanol–water partition coefficient (Wildman–Crippen LogP) is 3.69. The molecule has 0 amide bonds. The number of unbranched alkanes of at least 4 members (excludes halogenated alkanes) is 3. The fourth-order valence-electron chi connectivity index (χ4n) is 1.18. The lowest BCUT2D eigenvalue weighted by Crippen LogP contribution is -2.02. The van der Waals surface area contributed by atoms with Crippen molar-refractivity contribution in [2.45, 2.75) is 50.8 Å². The fourth-order valence-corrected chi connectivity index (χ4v) is 1.46. The van der Waals surface area contributed by atoms with Crippen molar-refractivity contribution in [3.8, 4) is 0 Å². The van der Waals surface area contributed by atoms with Crippen LogP contribution in [0, 0.1) is 0 Å². The zero-order valence-electron chi connectivity index (χ0n) is 8.60. The Morgan fingerprint density at radius 3 is 2.50 bits per heavy atom. The summed E-state index contributed by atoms with van der Waals surface area (Å²) < 4.78 is 4.59. The van der Waals surface area contributed by atoms with Crippen LogP contribution >= 0.6 is 23.2 Å². The number of carbonyl (C=O) groups is 1. The van der Waals surface area contributed by atoms with E-state index in [9.17, 15) is 4.79 Å². The summed E-state index contributed by atoms with van der Waals surface area (Å²) >= 11 is 11.0. The molecule has 4 heteroatoms. The molecule has 14 heavy (non-hydrogen) atoms. The Bertz CT molecular complexity index is 149. The van der Waals surface area contributed by atoms with Gasteiger partial charge in [0.2, 0.25) is 0 Å². The molecule has 0 saturated heterocycles. The minimum atomic E-state index is -0.203. The van der Waals surface area contributed by atoms with Crippen molar-refractivity contribution in [1.29, 1.82) is 0 Å². The quantitative estimate of drug-likeness (QED) is 0.368. The maximum absolute atomic E-state index is 10.9. The molecule has 0 aromatic rings. The number of rotatable bonds is 8. The second-order valence-corrected chi connectivity index (χ2v) is 4.32. The smallest absolute Gasteiger partial charge is 0.306 e. The summed E-state index contributed by atoms with van der Waals surface area (Å²) in [6.07, 6.45) is 5.73. The Balaban J connectivity index is 3.09. The lowest BCUT2D eigenvalue weighted by atomic mass is 10.1. The fraction of sp³-hybridized carbons (Fsp3) is 0.900. The van der Waals surface area contributed by atoms with Crippen molar-refractivity contribution in [2.75, 3.05) is 6.07 Å². The van der Waals surface area contributed by atoms with Gasteiger partial charge >= 0.3 is 5.97 Å². The molecular weight excluding hydrogens is 223 g/mol. The van der Waals surface area contributed by atoms with Gasteiger partial charge in [0.25, 0.3) is 0 Å². The van der Waals surface area contributed by atoms with E-state index in [-0.39, 0.29) is 17.4 Å². The molecule has 0 N–H and O–H groups in total. The maximum Gasteiger partial charge on any atom is 0.306 e. The molecule has 2 nitrogen and oxygen atoms in total. The highest BCUT2D eigenvalue weighted by molar-refractivity contribution is 6.20. The van der Waals surface area contributed by atoms with Crippen LogP contribution in [0.15, 0.2) is 0 Å². The molecule has 0 fully saturated rings. The monoisotopic (exact) mass is 240 g/mol. The molecule has 0 aromatic heterocycles. The highest BCUT2D eigenvalue weighted by Gasteiger charge is 2.01.